The average molecular weight is 241 g/mol. The van der Waals surface area contributed by atoms with E-state index in [0.717, 1.165) is 22.8 Å². The van der Waals surface area contributed by atoms with E-state index in [9.17, 15) is 0 Å². The van der Waals surface area contributed by atoms with Crippen molar-refractivity contribution in [2.45, 2.75) is 33.4 Å². The summed E-state index contributed by atoms with van der Waals surface area (Å²) < 4.78 is 0. The Labute approximate surface area is 103 Å². The highest BCUT2D eigenvalue weighted by atomic mass is 35.5. The molecule has 1 atom stereocenters. The second kappa shape index (κ2) is 5.55. The largest absolute Gasteiger partial charge is 0.398 e. The standard InChI is InChI=1S/C13H21ClN2/c1-9(2)10(3)16(4)8-11-12(14)6-5-7-13(11)15/h5-7,9-10H,8,15H2,1-4H3. The highest BCUT2D eigenvalue weighted by Gasteiger charge is 2.15. The van der Waals surface area contributed by atoms with Crippen molar-refractivity contribution in [1.82, 2.24) is 4.90 Å². The number of hydrogen-bond donors (Lipinski definition) is 1. The fourth-order valence-corrected chi connectivity index (χ4v) is 1.89. The van der Waals surface area contributed by atoms with Gasteiger partial charge in [-0.25, -0.2) is 0 Å². The van der Waals surface area contributed by atoms with Gasteiger partial charge in [0.05, 0.1) is 0 Å². The zero-order valence-electron chi connectivity index (χ0n) is 10.5. The van der Waals surface area contributed by atoms with Crippen molar-refractivity contribution in [3.8, 4) is 0 Å². The van der Waals surface area contributed by atoms with Crippen LogP contribution in [0.5, 0.6) is 0 Å². The van der Waals surface area contributed by atoms with Crippen molar-refractivity contribution in [2.24, 2.45) is 5.92 Å². The van der Waals surface area contributed by atoms with Gasteiger partial charge in [-0.2, -0.15) is 0 Å². The van der Waals surface area contributed by atoms with Gasteiger partial charge in [0, 0.05) is 28.9 Å². The Morgan fingerprint density at radius 3 is 2.44 bits per heavy atom. The van der Waals surface area contributed by atoms with Crippen LogP contribution in [-0.2, 0) is 6.54 Å². The molecule has 0 spiro atoms. The highest BCUT2D eigenvalue weighted by molar-refractivity contribution is 6.31. The molecule has 1 aromatic rings. The number of anilines is 1. The summed E-state index contributed by atoms with van der Waals surface area (Å²) in [7, 11) is 2.10. The number of nitrogen functional groups attached to an aromatic ring is 1. The molecule has 0 radical (unpaired) electrons. The minimum Gasteiger partial charge on any atom is -0.398 e. The van der Waals surface area contributed by atoms with Crippen LogP contribution in [-0.4, -0.2) is 18.0 Å². The SMILES string of the molecule is CC(C)C(C)N(C)Cc1c(N)cccc1Cl. The molecular weight excluding hydrogens is 220 g/mol. The summed E-state index contributed by atoms with van der Waals surface area (Å²) >= 11 is 6.15. The highest BCUT2D eigenvalue weighted by Crippen LogP contribution is 2.24. The molecule has 2 N–H and O–H groups in total. The summed E-state index contributed by atoms with van der Waals surface area (Å²) in [6.07, 6.45) is 0. The summed E-state index contributed by atoms with van der Waals surface area (Å²) in [5, 5.41) is 0.753. The molecular formula is C13H21ClN2. The molecule has 1 aromatic carbocycles. The Morgan fingerprint density at radius 2 is 1.94 bits per heavy atom. The number of benzene rings is 1. The number of nitrogens with two attached hydrogens (primary N) is 1. The van der Waals surface area contributed by atoms with E-state index >= 15 is 0 Å². The van der Waals surface area contributed by atoms with Crippen LogP contribution in [0, 0.1) is 5.92 Å². The third-order valence-corrected chi connectivity index (χ3v) is 3.58. The van der Waals surface area contributed by atoms with Crippen LogP contribution in [0.3, 0.4) is 0 Å². The summed E-state index contributed by atoms with van der Waals surface area (Å²) in [6, 6.07) is 6.18. The number of nitrogens with zero attached hydrogens (tertiary/aromatic N) is 1. The molecule has 0 aromatic heterocycles. The number of halogens is 1. The van der Waals surface area contributed by atoms with Crippen LogP contribution in [0.25, 0.3) is 0 Å². The zero-order chi connectivity index (χ0) is 12.3. The number of rotatable bonds is 4. The van der Waals surface area contributed by atoms with E-state index in [1.807, 2.05) is 18.2 Å². The summed E-state index contributed by atoms with van der Waals surface area (Å²) in [4.78, 5) is 2.28. The van der Waals surface area contributed by atoms with E-state index in [0.29, 0.717) is 12.0 Å². The Hall–Kier alpha value is -0.730. The smallest absolute Gasteiger partial charge is 0.0471 e. The van der Waals surface area contributed by atoms with Gasteiger partial charge in [-0.3, -0.25) is 4.90 Å². The molecule has 2 nitrogen and oxygen atoms in total. The van der Waals surface area contributed by atoms with Crippen molar-refractivity contribution < 1.29 is 0 Å². The molecule has 0 fully saturated rings. The molecule has 1 rings (SSSR count). The first-order chi connectivity index (χ1) is 7.43. The first-order valence-corrected chi connectivity index (χ1v) is 6.04. The lowest BCUT2D eigenvalue weighted by Gasteiger charge is -2.28. The topological polar surface area (TPSA) is 29.3 Å². The summed E-state index contributed by atoms with van der Waals surface area (Å²) in [5.41, 5.74) is 7.74. The van der Waals surface area contributed by atoms with Gasteiger partial charge in [0.25, 0.3) is 0 Å². The van der Waals surface area contributed by atoms with Crippen LogP contribution in [0.15, 0.2) is 18.2 Å². The quantitative estimate of drug-likeness (QED) is 0.818. The molecule has 0 heterocycles. The van der Waals surface area contributed by atoms with Crippen molar-refractivity contribution >= 4 is 17.3 Å². The van der Waals surface area contributed by atoms with Gasteiger partial charge in [0.2, 0.25) is 0 Å². The maximum Gasteiger partial charge on any atom is 0.0471 e. The fraction of sp³-hybridized carbons (Fsp3) is 0.538. The van der Waals surface area contributed by atoms with Gasteiger partial charge in [-0.05, 0) is 32.0 Å². The fourth-order valence-electron chi connectivity index (χ4n) is 1.64. The first kappa shape index (κ1) is 13.3. The molecule has 0 saturated carbocycles. The predicted molar refractivity (Wildman–Crippen MR) is 71.6 cm³/mol. The van der Waals surface area contributed by atoms with Crippen molar-refractivity contribution in [3.63, 3.8) is 0 Å². The van der Waals surface area contributed by atoms with Crippen molar-refractivity contribution in [3.05, 3.63) is 28.8 Å². The van der Waals surface area contributed by atoms with E-state index in [4.69, 9.17) is 17.3 Å². The van der Waals surface area contributed by atoms with Crippen LogP contribution in [0.1, 0.15) is 26.3 Å². The maximum absolute atomic E-state index is 6.15. The van der Waals surface area contributed by atoms with Gasteiger partial charge in [-0.15, -0.1) is 0 Å². The van der Waals surface area contributed by atoms with E-state index < -0.39 is 0 Å². The van der Waals surface area contributed by atoms with Gasteiger partial charge in [-0.1, -0.05) is 31.5 Å². The van der Waals surface area contributed by atoms with Gasteiger partial charge in [0.1, 0.15) is 0 Å². The molecule has 0 aliphatic carbocycles. The van der Waals surface area contributed by atoms with Gasteiger partial charge in [0.15, 0.2) is 0 Å². The Balaban J connectivity index is 2.80. The van der Waals surface area contributed by atoms with Crippen LogP contribution in [0.4, 0.5) is 5.69 Å². The van der Waals surface area contributed by atoms with Gasteiger partial charge < -0.3 is 5.73 Å². The molecule has 0 bridgehead atoms. The van der Waals surface area contributed by atoms with Crippen molar-refractivity contribution in [1.29, 1.82) is 0 Å². The molecule has 90 valence electrons. The molecule has 0 amide bonds. The second-order valence-corrected chi connectivity index (χ2v) is 5.11. The molecule has 1 unspecified atom stereocenters. The predicted octanol–water partition coefficient (Wildman–Crippen LogP) is 3.40. The first-order valence-electron chi connectivity index (χ1n) is 5.66. The summed E-state index contributed by atoms with van der Waals surface area (Å²) in [6.45, 7) is 7.46. The minimum absolute atomic E-state index is 0.510. The molecule has 3 heteroatoms. The lowest BCUT2D eigenvalue weighted by atomic mass is 10.0. The average Bonchev–Trinajstić information content (AvgIpc) is 2.22. The molecule has 16 heavy (non-hydrogen) atoms. The minimum atomic E-state index is 0.510. The maximum atomic E-state index is 6.15. The third-order valence-electron chi connectivity index (χ3n) is 3.22. The molecule has 0 saturated heterocycles. The summed E-state index contributed by atoms with van der Waals surface area (Å²) in [5.74, 6) is 0.619. The number of hydrogen-bond acceptors (Lipinski definition) is 2. The van der Waals surface area contributed by atoms with Gasteiger partial charge >= 0.3 is 0 Å². The second-order valence-electron chi connectivity index (χ2n) is 4.71. The van der Waals surface area contributed by atoms with E-state index in [2.05, 4.69) is 32.7 Å². The Morgan fingerprint density at radius 1 is 1.31 bits per heavy atom. The van der Waals surface area contributed by atoms with Crippen molar-refractivity contribution in [2.75, 3.05) is 12.8 Å². The van der Waals surface area contributed by atoms with E-state index in [1.54, 1.807) is 0 Å². The monoisotopic (exact) mass is 240 g/mol. The molecule has 0 aliphatic heterocycles. The Kier molecular flexibility index (Phi) is 4.63. The molecule has 0 aliphatic rings. The van der Waals surface area contributed by atoms with Crippen LogP contribution >= 0.6 is 11.6 Å². The normalized spacial score (nSPS) is 13.4. The Bertz CT molecular complexity index is 330. The van der Waals surface area contributed by atoms with E-state index in [1.165, 1.54) is 0 Å². The van der Waals surface area contributed by atoms with Crippen LogP contribution < -0.4 is 5.73 Å². The zero-order valence-corrected chi connectivity index (χ0v) is 11.3. The lowest BCUT2D eigenvalue weighted by Crippen LogP contribution is -2.33. The van der Waals surface area contributed by atoms with Crippen LogP contribution in [0.2, 0.25) is 5.02 Å². The lowest BCUT2D eigenvalue weighted by molar-refractivity contribution is 0.201. The van der Waals surface area contributed by atoms with E-state index in [-0.39, 0.29) is 0 Å². The third kappa shape index (κ3) is 3.13.